The van der Waals surface area contributed by atoms with Gasteiger partial charge in [0.05, 0.1) is 0 Å². The molecule has 0 aliphatic heterocycles. The molecule has 0 aromatic heterocycles. The average molecular weight is 430 g/mol. The number of hydrogen-bond donors (Lipinski definition) is 0. The molecule has 0 spiro atoms. The maximum atomic E-state index is 13.4. The van der Waals surface area contributed by atoms with Crippen LogP contribution in [0.1, 0.15) is 0 Å². The van der Waals surface area contributed by atoms with Gasteiger partial charge in [0.1, 0.15) is 0 Å². The summed E-state index contributed by atoms with van der Waals surface area (Å²) in [6.45, 7) is 0. The second-order valence-electron chi connectivity index (χ2n) is 3.83. The van der Waals surface area contributed by atoms with Gasteiger partial charge in [-0.2, -0.15) is 61.1 Å². The van der Waals surface area contributed by atoms with Gasteiger partial charge in [0, 0.05) is 0 Å². The van der Waals surface area contributed by atoms with Crippen molar-refractivity contribution in [2.45, 2.75) is 30.4 Å². The van der Waals surface area contributed by atoms with Gasteiger partial charge < -0.3 is 4.18 Å². The number of rotatable bonds is 3. The van der Waals surface area contributed by atoms with Gasteiger partial charge in [-0.05, 0) is 0 Å². The van der Waals surface area contributed by atoms with E-state index in [0.29, 0.717) is 0 Å². The molecule has 150 valence electrons. The summed E-state index contributed by atoms with van der Waals surface area (Å²) in [5, 5.41) is 0. The highest BCUT2D eigenvalue weighted by Gasteiger charge is 2.79. The van der Waals surface area contributed by atoms with Crippen LogP contribution in [-0.4, -0.2) is 38.8 Å². The maximum absolute atomic E-state index is 13.4. The second-order valence-corrected chi connectivity index (χ2v) is 4.78. The van der Waals surface area contributed by atoms with Crippen LogP contribution in [0, 0.1) is 0 Å². The summed E-state index contributed by atoms with van der Waals surface area (Å²) in [7, 11) is -7.39. The Morgan fingerprint density at radius 3 is 1.08 bits per heavy atom. The van der Waals surface area contributed by atoms with Crippen molar-refractivity contribution in [1.82, 2.24) is 0 Å². The fourth-order valence-corrected chi connectivity index (χ4v) is 1.60. The van der Waals surface area contributed by atoms with Crippen LogP contribution in [0.5, 0.6) is 0 Å². The van der Waals surface area contributed by atoms with Gasteiger partial charge >= 0.3 is 40.9 Å². The number of halogens is 14. The molecule has 3 nitrogen and oxygen atoms in total. The largest absolute Gasteiger partial charge is 0.488 e. The molecule has 0 saturated carbocycles. The highest BCUT2D eigenvalue weighted by atomic mass is 32.3. The van der Waals surface area contributed by atoms with E-state index in [1.165, 1.54) is 0 Å². The van der Waals surface area contributed by atoms with Gasteiger partial charge in [0.2, 0.25) is 0 Å². The van der Waals surface area contributed by atoms with Crippen molar-refractivity contribution in [3.8, 4) is 0 Å². The third kappa shape index (κ3) is 5.00. The molecule has 0 N–H and O–H groups in total. The Morgan fingerprint density at radius 1 is 0.640 bits per heavy atom. The smallest absolute Gasteiger partial charge is 0.358 e. The van der Waals surface area contributed by atoms with Crippen LogP contribution < -0.4 is 0 Å². The first-order valence-electron chi connectivity index (χ1n) is 4.82. The molecule has 0 heterocycles. The standard InChI is InChI=1S/C7F14O3S/c8-3(6(15,16)17,7(18,19)20)2(24-25(21,22)23)1(4(9,10)11)5(12,13)14. The van der Waals surface area contributed by atoms with E-state index in [9.17, 15) is 69.4 Å². The normalized spacial score (nSPS) is 15.1. The Morgan fingerprint density at radius 2 is 0.920 bits per heavy atom. The van der Waals surface area contributed by atoms with Crippen LogP contribution >= 0.6 is 0 Å². The molecule has 0 aromatic rings. The van der Waals surface area contributed by atoms with E-state index in [2.05, 4.69) is 0 Å². The van der Waals surface area contributed by atoms with Gasteiger partial charge in [-0.25, -0.2) is 4.39 Å². The minimum atomic E-state index is -7.67. The lowest BCUT2D eigenvalue weighted by molar-refractivity contribution is -0.335. The van der Waals surface area contributed by atoms with Gasteiger partial charge in [-0.3, -0.25) is 0 Å². The molecule has 0 saturated heterocycles. The van der Waals surface area contributed by atoms with Crippen molar-refractivity contribution in [3.05, 3.63) is 11.3 Å². The lowest BCUT2D eigenvalue weighted by Gasteiger charge is -2.32. The molecule has 25 heavy (non-hydrogen) atoms. The van der Waals surface area contributed by atoms with Crippen LogP contribution in [0.3, 0.4) is 0 Å². The summed E-state index contributed by atoms with van der Waals surface area (Å²) in [6.07, 6.45) is -29.8. The van der Waals surface area contributed by atoms with Crippen molar-refractivity contribution in [1.29, 1.82) is 0 Å². The minimum absolute atomic E-state index is 1.90. The molecule has 0 atom stereocenters. The molecule has 0 unspecified atom stereocenters. The summed E-state index contributed by atoms with van der Waals surface area (Å²) >= 11 is 0. The first-order chi connectivity index (χ1) is 10.5. The second kappa shape index (κ2) is 6.04. The third-order valence-corrected chi connectivity index (χ3v) is 2.44. The Kier molecular flexibility index (Phi) is 5.68. The molecule has 0 bridgehead atoms. The first kappa shape index (κ1) is 23.5. The Labute approximate surface area is 127 Å². The average Bonchev–Trinajstić information content (AvgIpc) is 2.17. The summed E-state index contributed by atoms with van der Waals surface area (Å²) in [6, 6.07) is 0. The van der Waals surface area contributed by atoms with E-state index in [1.54, 1.807) is 0 Å². The van der Waals surface area contributed by atoms with Crippen LogP contribution in [0.15, 0.2) is 11.3 Å². The van der Waals surface area contributed by atoms with E-state index < -0.39 is 52.2 Å². The van der Waals surface area contributed by atoms with E-state index in [1.807, 2.05) is 4.18 Å². The van der Waals surface area contributed by atoms with E-state index >= 15 is 0 Å². The summed E-state index contributed by atoms with van der Waals surface area (Å²) < 4.78 is 195. The Balaban J connectivity index is 7.43. The molecule has 0 aromatic carbocycles. The summed E-state index contributed by atoms with van der Waals surface area (Å²) in [5.74, 6) is -4.94. The van der Waals surface area contributed by atoms with Crippen molar-refractivity contribution in [2.24, 2.45) is 0 Å². The molecular formula is C7F14O3S. The van der Waals surface area contributed by atoms with Crippen molar-refractivity contribution in [2.75, 3.05) is 0 Å². The fourth-order valence-electron chi connectivity index (χ4n) is 1.21. The zero-order valence-corrected chi connectivity index (χ0v) is 11.2. The van der Waals surface area contributed by atoms with Crippen molar-refractivity contribution >= 4 is 10.5 Å². The number of hydrogen-bond acceptors (Lipinski definition) is 3. The SMILES string of the molecule is O=S(=O)(F)OC(=C(C(F)(F)F)C(F)(F)F)C(F)(C(F)(F)F)C(F)(F)F. The summed E-state index contributed by atoms with van der Waals surface area (Å²) in [5.41, 5.74) is -12.7. The minimum Gasteiger partial charge on any atom is -0.358 e. The predicted octanol–water partition coefficient (Wildman–Crippen LogP) is 4.43. The van der Waals surface area contributed by atoms with Gasteiger partial charge in [-0.15, -0.1) is 0 Å². The maximum Gasteiger partial charge on any atom is 0.488 e. The highest BCUT2D eigenvalue weighted by Crippen LogP contribution is 2.55. The quantitative estimate of drug-likeness (QED) is 0.378. The number of allylic oxidation sites excluding steroid dienone is 2. The fraction of sp³-hybridized carbons (Fsp3) is 0.714. The van der Waals surface area contributed by atoms with Gasteiger partial charge in [0.15, 0.2) is 11.3 Å². The van der Waals surface area contributed by atoms with Crippen LogP contribution in [0.4, 0.5) is 61.0 Å². The Bertz CT molecular complexity index is 599. The zero-order chi connectivity index (χ0) is 20.9. The highest BCUT2D eigenvalue weighted by molar-refractivity contribution is 7.81. The third-order valence-electron chi connectivity index (χ3n) is 2.07. The van der Waals surface area contributed by atoms with Crippen molar-refractivity contribution in [3.63, 3.8) is 0 Å². The molecule has 0 radical (unpaired) electrons. The topological polar surface area (TPSA) is 43.4 Å². The Hall–Kier alpha value is -1.49. The van der Waals surface area contributed by atoms with E-state index in [4.69, 9.17) is 0 Å². The van der Waals surface area contributed by atoms with E-state index in [0.717, 1.165) is 0 Å². The predicted molar refractivity (Wildman–Crippen MR) is 46.2 cm³/mol. The van der Waals surface area contributed by atoms with Crippen molar-refractivity contribution < 1.29 is 73.6 Å². The van der Waals surface area contributed by atoms with Crippen LogP contribution in [-0.2, 0) is 14.7 Å². The molecule has 18 heteroatoms. The molecule has 0 aliphatic rings. The van der Waals surface area contributed by atoms with Gasteiger partial charge in [0.25, 0.3) is 0 Å². The zero-order valence-electron chi connectivity index (χ0n) is 10.4. The molecular weight excluding hydrogens is 430 g/mol. The number of alkyl halides is 13. The van der Waals surface area contributed by atoms with Crippen LogP contribution in [0.25, 0.3) is 0 Å². The molecule has 0 fully saturated rings. The van der Waals surface area contributed by atoms with Gasteiger partial charge in [-0.1, -0.05) is 3.89 Å². The lowest BCUT2D eigenvalue weighted by atomic mass is 9.97. The van der Waals surface area contributed by atoms with Crippen LogP contribution in [0.2, 0.25) is 0 Å². The molecule has 0 amide bonds. The monoisotopic (exact) mass is 430 g/mol. The summed E-state index contributed by atoms with van der Waals surface area (Å²) in [4.78, 5) is 0. The first-order valence-corrected chi connectivity index (χ1v) is 6.12. The lowest BCUT2D eigenvalue weighted by Crippen LogP contribution is -2.57. The molecule has 0 aliphatic carbocycles. The molecule has 0 rings (SSSR count). The van der Waals surface area contributed by atoms with E-state index in [-0.39, 0.29) is 0 Å².